The molecule has 1 aromatic carbocycles. The number of benzene rings is 1. The zero-order valence-corrected chi connectivity index (χ0v) is 14.2. The van der Waals surface area contributed by atoms with E-state index < -0.39 is 5.97 Å². The molecule has 24 heavy (non-hydrogen) atoms. The van der Waals surface area contributed by atoms with Crippen LogP contribution in [-0.4, -0.2) is 19.4 Å². The predicted octanol–water partition coefficient (Wildman–Crippen LogP) is 4.08. The lowest BCUT2D eigenvalue weighted by Gasteiger charge is -2.14. The summed E-state index contributed by atoms with van der Waals surface area (Å²) < 4.78 is 15.9. The van der Waals surface area contributed by atoms with Crippen LogP contribution in [0.3, 0.4) is 0 Å². The third-order valence-electron chi connectivity index (χ3n) is 4.04. The smallest absolute Gasteiger partial charge is 0.348 e. The first-order valence-corrected chi connectivity index (χ1v) is 8.36. The number of nitrogens with zero attached hydrogens (tertiary/aromatic N) is 1. The zero-order valence-electron chi connectivity index (χ0n) is 14.2. The third kappa shape index (κ3) is 4.76. The molecule has 5 nitrogen and oxygen atoms in total. The Balaban J connectivity index is 1.99. The summed E-state index contributed by atoms with van der Waals surface area (Å²) in [5, 5.41) is 9.24. The van der Waals surface area contributed by atoms with Crippen LogP contribution >= 0.6 is 0 Å². The first-order valence-electron chi connectivity index (χ1n) is 8.36. The number of unbranched alkanes of at least 4 members (excludes halogenated alkanes) is 1. The van der Waals surface area contributed by atoms with Crippen LogP contribution in [0.4, 0.5) is 0 Å². The van der Waals surface area contributed by atoms with Crippen LogP contribution in [-0.2, 0) is 9.53 Å². The lowest BCUT2D eigenvalue weighted by Crippen LogP contribution is -2.15. The fourth-order valence-electron chi connectivity index (χ4n) is 2.48. The maximum absolute atomic E-state index is 12.1. The third-order valence-corrected chi connectivity index (χ3v) is 4.04. The van der Waals surface area contributed by atoms with E-state index in [2.05, 4.69) is 13.8 Å². The van der Waals surface area contributed by atoms with Gasteiger partial charge < -0.3 is 14.2 Å². The minimum absolute atomic E-state index is 0.0146. The molecule has 0 fully saturated rings. The lowest BCUT2D eigenvalue weighted by atomic mass is 10.0. The minimum Gasteiger partial charge on any atom is -0.461 e. The Kier molecular flexibility index (Phi) is 6.68. The van der Waals surface area contributed by atoms with Crippen molar-refractivity contribution in [1.82, 2.24) is 0 Å². The molecule has 1 aliphatic heterocycles. The van der Waals surface area contributed by atoms with E-state index in [-0.39, 0.29) is 12.4 Å². The van der Waals surface area contributed by atoms with Crippen molar-refractivity contribution in [3.63, 3.8) is 0 Å². The summed E-state index contributed by atoms with van der Waals surface area (Å²) in [5.41, 5.74) is 0.685. The molecule has 1 aromatic rings. The van der Waals surface area contributed by atoms with Crippen molar-refractivity contribution in [1.29, 1.82) is 5.26 Å². The molecule has 1 aliphatic rings. The molecule has 0 saturated carbocycles. The molecule has 0 aliphatic carbocycles. The Morgan fingerprint density at radius 3 is 2.88 bits per heavy atom. The second-order valence-electron chi connectivity index (χ2n) is 5.80. The van der Waals surface area contributed by atoms with Crippen molar-refractivity contribution in [2.45, 2.75) is 39.5 Å². The zero-order chi connectivity index (χ0) is 17.4. The summed E-state index contributed by atoms with van der Waals surface area (Å²) in [7, 11) is 0. The Morgan fingerprint density at radius 1 is 1.38 bits per heavy atom. The normalized spacial score (nSPS) is 14.1. The number of fused-ring (bicyclic) bond motifs is 1. The first-order chi connectivity index (χ1) is 11.7. The topological polar surface area (TPSA) is 68.6 Å². The standard InChI is InChI=1S/C19H23NO4/c1-3-5-6-14(4-2)12-22-19(21)16(11-20)9-15-7-8-17-18(10-15)24-13-23-17/h7-10,14H,3-6,12-13H2,1-2H3/b16-9+. The number of nitriles is 1. The Bertz CT molecular complexity index is 645. The molecule has 1 unspecified atom stereocenters. The van der Waals surface area contributed by atoms with E-state index >= 15 is 0 Å². The van der Waals surface area contributed by atoms with Gasteiger partial charge in [-0.15, -0.1) is 0 Å². The van der Waals surface area contributed by atoms with E-state index in [9.17, 15) is 10.1 Å². The molecular weight excluding hydrogens is 306 g/mol. The second-order valence-corrected chi connectivity index (χ2v) is 5.80. The molecule has 0 radical (unpaired) electrons. The average Bonchev–Trinajstić information content (AvgIpc) is 3.07. The SMILES string of the molecule is CCCCC(CC)COC(=O)/C(C#N)=C/c1ccc2c(c1)OCO2. The highest BCUT2D eigenvalue weighted by atomic mass is 16.7. The van der Waals surface area contributed by atoms with Gasteiger partial charge in [-0.25, -0.2) is 4.79 Å². The van der Waals surface area contributed by atoms with Crippen LogP contribution < -0.4 is 9.47 Å². The summed E-state index contributed by atoms with van der Waals surface area (Å²) >= 11 is 0. The monoisotopic (exact) mass is 329 g/mol. The molecule has 0 aromatic heterocycles. The molecule has 0 spiro atoms. The minimum atomic E-state index is -0.579. The van der Waals surface area contributed by atoms with Gasteiger partial charge in [-0.2, -0.15) is 5.26 Å². The highest BCUT2D eigenvalue weighted by Crippen LogP contribution is 2.33. The fourth-order valence-corrected chi connectivity index (χ4v) is 2.48. The van der Waals surface area contributed by atoms with Gasteiger partial charge >= 0.3 is 5.97 Å². The molecule has 2 rings (SSSR count). The van der Waals surface area contributed by atoms with Gasteiger partial charge in [0.2, 0.25) is 6.79 Å². The summed E-state index contributed by atoms with van der Waals surface area (Å²) in [6.45, 7) is 4.77. The van der Waals surface area contributed by atoms with Gasteiger partial charge in [-0.3, -0.25) is 0 Å². The van der Waals surface area contributed by atoms with Gasteiger partial charge in [0.15, 0.2) is 11.5 Å². The number of ether oxygens (including phenoxy) is 3. The summed E-state index contributed by atoms with van der Waals surface area (Å²) in [6.07, 6.45) is 5.75. The van der Waals surface area contributed by atoms with Crippen LogP contribution in [0.5, 0.6) is 11.5 Å². The van der Waals surface area contributed by atoms with Crippen LogP contribution in [0, 0.1) is 17.2 Å². The molecule has 128 valence electrons. The van der Waals surface area contributed by atoms with Crippen LogP contribution in [0.15, 0.2) is 23.8 Å². The molecule has 0 saturated heterocycles. The van der Waals surface area contributed by atoms with E-state index in [4.69, 9.17) is 14.2 Å². The molecule has 1 atom stereocenters. The van der Waals surface area contributed by atoms with E-state index in [0.717, 1.165) is 25.7 Å². The summed E-state index contributed by atoms with van der Waals surface area (Å²) in [4.78, 5) is 12.1. The Morgan fingerprint density at radius 2 is 2.17 bits per heavy atom. The van der Waals surface area contributed by atoms with Crippen molar-refractivity contribution in [2.75, 3.05) is 13.4 Å². The van der Waals surface area contributed by atoms with Crippen molar-refractivity contribution in [3.8, 4) is 17.6 Å². The van der Waals surface area contributed by atoms with Gasteiger partial charge in [-0.1, -0.05) is 39.2 Å². The van der Waals surface area contributed by atoms with Crippen molar-refractivity contribution in [3.05, 3.63) is 29.3 Å². The Hall–Kier alpha value is -2.48. The van der Waals surface area contributed by atoms with E-state index in [1.165, 1.54) is 6.08 Å². The number of carbonyl (C=O) groups is 1. The molecule has 0 bridgehead atoms. The lowest BCUT2D eigenvalue weighted by molar-refractivity contribution is -0.139. The van der Waals surface area contributed by atoms with Crippen molar-refractivity contribution in [2.24, 2.45) is 5.92 Å². The number of rotatable bonds is 8. The predicted molar refractivity (Wildman–Crippen MR) is 90.4 cm³/mol. The second kappa shape index (κ2) is 8.97. The quantitative estimate of drug-likeness (QED) is 0.408. The van der Waals surface area contributed by atoms with Gasteiger partial charge in [0.1, 0.15) is 11.6 Å². The highest BCUT2D eigenvalue weighted by molar-refractivity contribution is 5.98. The maximum Gasteiger partial charge on any atom is 0.348 e. The van der Waals surface area contributed by atoms with Crippen molar-refractivity contribution < 1.29 is 19.0 Å². The number of hydrogen-bond acceptors (Lipinski definition) is 5. The largest absolute Gasteiger partial charge is 0.461 e. The molecule has 0 amide bonds. The first kappa shape index (κ1) is 17.9. The number of hydrogen-bond donors (Lipinski definition) is 0. The molecule has 5 heteroatoms. The van der Waals surface area contributed by atoms with Gasteiger partial charge in [-0.05, 0) is 36.1 Å². The molecule has 0 N–H and O–H groups in total. The number of carbonyl (C=O) groups excluding carboxylic acids is 1. The summed E-state index contributed by atoms with van der Waals surface area (Å²) in [5.74, 6) is 1.04. The van der Waals surface area contributed by atoms with E-state index in [1.807, 2.05) is 6.07 Å². The molecular formula is C19H23NO4. The highest BCUT2D eigenvalue weighted by Gasteiger charge is 2.16. The number of esters is 1. The van der Waals surface area contributed by atoms with Gasteiger partial charge in [0, 0.05) is 0 Å². The van der Waals surface area contributed by atoms with Crippen LogP contribution in [0.2, 0.25) is 0 Å². The fraction of sp³-hybridized carbons (Fsp3) is 0.474. The average molecular weight is 329 g/mol. The van der Waals surface area contributed by atoms with Gasteiger partial charge in [0.05, 0.1) is 6.61 Å². The van der Waals surface area contributed by atoms with E-state index in [1.54, 1.807) is 18.2 Å². The van der Waals surface area contributed by atoms with Gasteiger partial charge in [0.25, 0.3) is 0 Å². The summed E-state index contributed by atoms with van der Waals surface area (Å²) in [6, 6.07) is 7.18. The van der Waals surface area contributed by atoms with E-state index in [0.29, 0.717) is 29.6 Å². The van der Waals surface area contributed by atoms with Crippen molar-refractivity contribution >= 4 is 12.0 Å². The van der Waals surface area contributed by atoms with Crippen LogP contribution in [0.1, 0.15) is 45.1 Å². The maximum atomic E-state index is 12.1. The van der Waals surface area contributed by atoms with Crippen LogP contribution in [0.25, 0.3) is 6.08 Å². The molecule has 1 heterocycles. The Labute approximate surface area is 142 Å².